The Balaban J connectivity index is 1.48. The molecule has 0 bridgehead atoms. The van der Waals surface area contributed by atoms with Crippen molar-refractivity contribution in [1.82, 2.24) is 4.98 Å². The number of carbonyl (C=O) groups is 2. The Bertz CT molecular complexity index is 1220. The van der Waals surface area contributed by atoms with Crippen molar-refractivity contribution in [3.8, 4) is 17.0 Å². The summed E-state index contributed by atoms with van der Waals surface area (Å²) >= 11 is 2.61. The van der Waals surface area contributed by atoms with Gasteiger partial charge in [-0.1, -0.05) is 0 Å². The van der Waals surface area contributed by atoms with Crippen LogP contribution in [0.3, 0.4) is 0 Å². The normalized spacial score (nSPS) is 10.7. The molecule has 9 heteroatoms. The lowest BCUT2D eigenvalue weighted by atomic mass is 10.1. The van der Waals surface area contributed by atoms with Gasteiger partial charge in [0.15, 0.2) is 10.9 Å². The molecule has 3 aromatic heterocycles. The maximum Gasteiger partial charge on any atom is 0.291 e. The van der Waals surface area contributed by atoms with Crippen LogP contribution in [-0.2, 0) is 0 Å². The highest BCUT2D eigenvalue weighted by Crippen LogP contribution is 2.33. The second-order valence-electron chi connectivity index (χ2n) is 6.66. The summed E-state index contributed by atoms with van der Waals surface area (Å²) in [5, 5.41) is 6.70. The molecule has 0 atom stereocenters. The first kappa shape index (κ1) is 20.8. The summed E-state index contributed by atoms with van der Waals surface area (Å²) in [6.45, 7) is 3.79. The second kappa shape index (κ2) is 8.75. The molecule has 158 valence electrons. The van der Waals surface area contributed by atoms with E-state index in [2.05, 4.69) is 15.6 Å². The Morgan fingerprint density at radius 2 is 1.81 bits per heavy atom. The maximum absolute atomic E-state index is 12.8. The van der Waals surface area contributed by atoms with Gasteiger partial charge in [-0.25, -0.2) is 4.98 Å². The van der Waals surface area contributed by atoms with E-state index in [0.717, 1.165) is 27.4 Å². The number of rotatable bonds is 6. The summed E-state index contributed by atoms with van der Waals surface area (Å²) in [7, 11) is 1.62. The lowest BCUT2D eigenvalue weighted by molar-refractivity contribution is 0.0995. The van der Waals surface area contributed by atoms with E-state index in [1.54, 1.807) is 25.3 Å². The van der Waals surface area contributed by atoms with Gasteiger partial charge in [-0.3, -0.25) is 14.9 Å². The Hall–Kier alpha value is -3.43. The number of carbonyl (C=O) groups excluding carboxylic acids is 2. The molecule has 0 fully saturated rings. The van der Waals surface area contributed by atoms with Gasteiger partial charge in [0.1, 0.15) is 5.75 Å². The van der Waals surface area contributed by atoms with Gasteiger partial charge in [-0.15, -0.1) is 22.7 Å². The van der Waals surface area contributed by atoms with Gasteiger partial charge >= 0.3 is 0 Å². The molecule has 0 saturated carbocycles. The number of benzene rings is 1. The number of amides is 2. The van der Waals surface area contributed by atoms with Crippen molar-refractivity contribution in [1.29, 1.82) is 0 Å². The third-order valence-electron chi connectivity index (χ3n) is 4.49. The number of anilines is 2. The van der Waals surface area contributed by atoms with Gasteiger partial charge in [-0.2, -0.15) is 0 Å². The van der Waals surface area contributed by atoms with Crippen molar-refractivity contribution in [2.45, 2.75) is 13.8 Å². The Morgan fingerprint density at radius 1 is 1.03 bits per heavy atom. The molecule has 31 heavy (non-hydrogen) atoms. The number of thiazole rings is 1. The van der Waals surface area contributed by atoms with E-state index < -0.39 is 0 Å². The number of aryl methyl sites for hydroxylation is 2. The van der Waals surface area contributed by atoms with Crippen molar-refractivity contribution in [3.05, 3.63) is 69.8 Å². The molecule has 0 saturated heterocycles. The number of nitrogens with zero attached hydrogens (tertiary/aromatic N) is 1. The van der Waals surface area contributed by atoms with Crippen molar-refractivity contribution in [2.75, 3.05) is 17.7 Å². The zero-order valence-corrected chi connectivity index (χ0v) is 18.6. The molecular weight excluding hydrogens is 434 g/mol. The fraction of sp³-hybridized carbons (Fsp3) is 0.136. The standard InChI is InChI=1S/C22H19N3O4S2/c1-12-11-17(23-20(26)16-5-4-10-29-16)31-19(12)21(27)25-22-24-18(13(2)30-22)14-6-8-15(28-3)9-7-14/h4-11H,1-3H3,(H,23,26)(H,24,25,27). The van der Waals surface area contributed by atoms with Crippen LogP contribution in [0.1, 0.15) is 30.7 Å². The summed E-state index contributed by atoms with van der Waals surface area (Å²) in [6.07, 6.45) is 1.43. The van der Waals surface area contributed by atoms with Crippen LogP contribution in [0.15, 0.2) is 53.1 Å². The number of furan rings is 1. The van der Waals surface area contributed by atoms with E-state index in [1.165, 1.54) is 28.9 Å². The highest BCUT2D eigenvalue weighted by Gasteiger charge is 2.19. The first-order valence-corrected chi connectivity index (χ1v) is 11.0. The zero-order chi connectivity index (χ0) is 22.0. The van der Waals surface area contributed by atoms with Crippen LogP contribution in [0.2, 0.25) is 0 Å². The van der Waals surface area contributed by atoms with E-state index in [0.29, 0.717) is 15.0 Å². The van der Waals surface area contributed by atoms with E-state index in [4.69, 9.17) is 9.15 Å². The molecule has 2 N–H and O–H groups in total. The van der Waals surface area contributed by atoms with Gasteiger partial charge in [0, 0.05) is 10.4 Å². The predicted octanol–water partition coefficient (Wildman–Crippen LogP) is 5.59. The summed E-state index contributed by atoms with van der Waals surface area (Å²) < 4.78 is 10.3. The van der Waals surface area contributed by atoms with Crippen molar-refractivity contribution >= 4 is 44.6 Å². The monoisotopic (exact) mass is 453 g/mol. The third-order valence-corrected chi connectivity index (χ3v) is 6.52. The van der Waals surface area contributed by atoms with Crippen LogP contribution >= 0.6 is 22.7 Å². The first-order chi connectivity index (χ1) is 14.9. The molecule has 0 unspecified atom stereocenters. The molecule has 0 aliphatic carbocycles. The van der Waals surface area contributed by atoms with Gasteiger partial charge < -0.3 is 14.5 Å². The molecule has 2 amide bonds. The van der Waals surface area contributed by atoms with Crippen LogP contribution in [0.5, 0.6) is 5.75 Å². The van der Waals surface area contributed by atoms with Crippen molar-refractivity contribution in [2.24, 2.45) is 0 Å². The van der Waals surface area contributed by atoms with Crippen LogP contribution in [0, 0.1) is 13.8 Å². The smallest absolute Gasteiger partial charge is 0.291 e. The Kier molecular flexibility index (Phi) is 5.88. The Morgan fingerprint density at radius 3 is 2.48 bits per heavy atom. The SMILES string of the molecule is COc1ccc(-c2nc(NC(=O)c3sc(NC(=O)c4ccco4)cc3C)sc2C)cc1. The van der Waals surface area contributed by atoms with Crippen molar-refractivity contribution < 1.29 is 18.7 Å². The highest BCUT2D eigenvalue weighted by molar-refractivity contribution is 7.19. The summed E-state index contributed by atoms with van der Waals surface area (Å²) in [5.41, 5.74) is 2.53. The highest BCUT2D eigenvalue weighted by atomic mass is 32.1. The molecule has 0 aliphatic heterocycles. The number of thiophene rings is 1. The molecule has 4 aromatic rings. The van der Waals surface area contributed by atoms with Gasteiger partial charge in [-0.05, 0) is 61.9 Å². The molecule has 3 heterocycles. The molecule has 1 aromatic carbocycles. The minimum atomic E-state index is -0.363. The number of ether oxygens (including phenoxy) is 1. The largest absolute Gasteiger partial charge is 0.497 e. The lowest BCUT2D eigenvalue weighted by Gasteiger charge is -2.02. The summed E-state index contributed by atoms with van der Waals surface area (Å²) in [5.74, 6) is 0.351. The maximum atomic E-state index is 12.8. The number of methoxy groups -OCH3 is 1. The summed E-state index contributed by atoms with van der Waals surface area (Å²) in [6, 6.07) is 12.6. The second-order valence-corrected chi connectivity index (χ2v) is 8.92. The lowest BCUT2D eigenvalue weighted by Crippen LogP contribution is -2.11. The van der Waals surface area contributed by atoms with Gasteiger partial charge in [0.2, 0.25) is 0 Å². The minimum absolute atomic E-state index is 0.210. The van der Waals surface area contributed by atoms with E-state index >= 15 is 0 Å². The minimum Gasteiger partial charge on any atom is -0.497 e. The quantitative estimate of drug-likeness (QED) is 0.397. The topological polar surface area (TPSA) is 93.5 Å². The van der Waals surface area contributed by atoms with E-state index in [-0.39, 0.29) is 17.6 Å². The predicted molar refractivity (Wildman–Crippen MR) is 123 cm³/mol. The van der Waals surface area contributed by atoms with Gasteiger partial charge in [0.05, 0.1) is 28.9 Å². The fourth-order valence-corrected chi connectivity index (χ4v) is 4.76. The summed E-state index contributed by atoms with van der Waals surface area (Å²) in [4.78, 5) is 31.1. The number of hydrogen-bond acceptors (Lipinski definition) is 7. The van der Waals surface area contributed by atoms with Gasteiger partial charge in [0.25, 0.3) is 11.8 Å². The van der Waals surface area contributed by atoms with Crippen LogP contribution in [0.4, 0.5) is 10.1 Å². The number of nitrogens with one attached hydrogen (secondary N) is 2. The van der Waals surface area contributed by atoms with Crippen LogP contribution in [0.25, 0.3) is 11.3 Å². The molecule has 7 nitrogen and oxygen atoms in total. The van der Waals surface area contributed by atoms with Crippen LogP contribution < -0.4 is 15.4 Å². The van der Waals surface area contributed by atoms with E-state index in [1.807, 2.05) is 38.1 Å². The fourth-order valence-electron chi connectivity index (χ4n) is 2.97. The van der Waals surface area contributed by atoms with Crippen LogP contribution in [-0.4, -0.2) is 23.9 Å². The average Bonchev–Trinajstić information content (AvgIpc) is 3.49. The van der Waals surface area contributed by atoms with E-state index in [9.17, 15) is 9.59 Å². The van der Waals surface area contributed by atoms with Crippen molar-refractivity contribution in [3.63, 3.8) is 0 Å². The third kappa shape index (κ3) is 4.52. The average molecular weight is 454 g/mol. The molecule has 0 spiro atoms. The molecule has 0 aliphatic rings. The molecular formula is C22H19N3O4S2. The number of hydrogen-bond donors (Lipinski definition) is 2. The molecule has 4 rings (SSSR count). The Labute approximate surface area is 186 Å². The number of aromatic nitrogens is 1. The first-order valence-electron chi connectivity index (χ1n) is 9.33. The molecule has 0 radical (unpaired) electrons. The zero-order valence-electron chi connectivity index (χ0n) is 17.0.